The van der Waals surface area contributed by atoms with Crippen LogP contribution in [0.5, 0.6) is 0 Å². The van der Waals surface area contributed by atoms with Gasteiger partial charge in [0.05, 0.1) is 9.15 Å². The number of ketones is 1. The first-order valence-electron chi connectivity index (χ1n) is 8.97. The summed E-state index contributed by atoms with van der Waals surface area (Å²) >= 11 is 7.26. The van der Waals surface area contributed by atoms with Crippen LogP contribution in [0.1, 0.15) is 96.8 Å². The third-order valence-corrected chi connectivity index (χ3v) is 6.74. The molecule has 0 spiro atoms. The molecule has 21 heavy (non-hydrogen) atoms. The minimum Gasteiger partial charge on any atom is -0.297 e. The molecule has 3 heteroatoms. The molecule has 0 bridgehead atoms. The van der Waals surface area contributed by atoms with Crippen molar-refractivity contribution in [2.24, 2.45) is 0 Å². The summed E-state index contributed by atoms with van der Waals surface area (Å²) < 4.78 is -0.223. The number of carbonyl (C=O) groups excluding carboxylic acids is 1. The Bertz CT molecular complexity index is 293. The Hall–Kier alpha value is 0.630. The molecule has 2 unspecified atom stereocenters. The fraction of sp³-hybridized carbons (Fsp3) is 0.944. The van der Waals surface area contributed by atoms with E-state index in [1.807, 2.05) is 0 Å². The van der Waals surface area contributed by atoms with Gasteiger partial charge in [-0.15, -0.1) is 0 Å². The molecular formula is C18H32Br2O. The number of Topliss-reactive ketones (excluding diaryl/α,β-unsaturated/α-hetero) is 1. The van der Waals surface area contributed by atoms with E-state index in [0.717, 1.165) is 25.7 Å². The van der Waals surface area contributed by atoms with Gasteiger partial charge in [-0.05, 0) is 19.3 Å². The maximum absolute atomic E-state index is 12.2. The summed E-state index contributed by atoms with van der Waals surface area (Å²) in [5, 5.41) is 0. The third kappa shape index (κ3) is 7.63. The molecule has 1 aliphatic carbocycles. The Labute approximate surface area is 148 Å². The lowest BCUT2D eigenvalue weighted by atomic mass is 9.84. The molecule has 0 radical (unpaired) electrons. The van der Waals surface area contributed by atoms with Gasteiger partial charge in [-0.1, -0.05) is 109 Å². The first kappa shape index (κ1) is 19.7. The molecule has 0 heterocycles. The summed E-state index contributed by atoms with van der Waals surface area (Å²) in [7, 11) is 0. The lowest BCUT2D eigenvalue weighted by Gasteiger charge is -2.32. The predicted molar refractivity (Wildman–Crippen MR) is 99.7 cm³/mol. The number of alkyl halides is 2. The maximum Gasteiger partial charge on any atom is 0.163 e. The summed E-state index contributed by atoms with van der Waals surface area (Å²) in [5.41, 5.74) is 0. The second-order valence-electron chi connectivity index (χ2n) is 6.62. The molecule has 0 aromatic heterocycles. The number of halogens is 2. The van der Waals surface area contributed by atoms with E-state index in [4.69, 9.17) is 0 Å². The Kier molecular flexibility index (Phi) is 10.5. The highest BCUT2D eigenvalue weighted by Gasteiger charge is 2.41. The average Bonchev–Trinajstić information content (AvgIpc) is 2.47. The van der Waals surface area contributed by atoms with Gasteiger partial charge in [-0.3, -0.25) is 4.79 Å². The van der Waals surface area contributed by atoms with Gasteiger partial charge in [0.1, 0.15) is 0 Å². The van der Waals surface area contributed by atoms with E-state index in [1.165, 1.54) is 64.2 Å². The van der Waals surface area contributed by atoms with Crippen LogP contribution < -0.4 is 0 Å². The summed E-state index contributed by atoms with van der Waals surface area (Å²) in [6, 6.07) is 0. The van der Waals surface area contributed by atoms with E-state index in [2.05, 4.69) is 38.8 Å². The van der Waals surface area contributed by atoms with Crippen molar-refractivity contribution in [2.75, 3.05) is 0 Å². The molecule has 2 atom stereocenters. The van der Waals surface area contributed by atoms with Crippen molar-refractivity contribution in [3.63, 3.8) is 0 Å². The maximum atomic E-state index is 12.2. The molecule has 1 nitrogen and oxygen atoms in total. The van der Waals surface area contributed by atoms with Crippen molar-refractivity contribution >= 4 is 37.6 Å². The molecule has 0 aliphatic heterocycles. The van der Waals surface area contributed by atoms with Gasteiger partial charge >= 0.3 is 0 Å². The van der Waals surface area contributed by atoms with E-state index < -0.39 is 0 Å². The summed E-state index contributed by atoms with van der Waals surface area (Å²) in [6.07, 6.45) is 17.7. The minimum absolute atomic E-state index is 0.0775. The highest BCUT2D eigenvalue weighted by molar-refractivity contribution is 9.11. The molecule has 1 aliphatic rings. The van der Waals surface area contributed by atoms with Crippen LogP contribution in [0.4, 0.5) is 0 Å². The lowest BCUT2D eigenvalue weighted by molar-refractivity contribution is -0.122. The SMILES string of the molecule is CCCCCCCCCCCCC1(Br)CCCC(Br)C1=O. The summed E-state index contributed by atoms with van der Waals surface area (Å²) in [4.78, 5) is 12.3. The quantitative estimate of drug-likeness (QED) is 0.259. The second-order valence-corrected chi connectivity index (χ2v) is 9.24. The summed E-state index contributed by atoms with van der Waals surface area (Å²) in [6.45, 7) is 2.27. The second kappa shape index (κ2) is 11.2. The fourth-order valence-corrected chi connectivity index (χ4v) is 5.14. The van der Waals surface area contributed by atoms with Crippen LogP contribution >= 0.6 is 31.9 Å². The average molecular weight is 424 g/mol. The zero-order chi connectivity index (χ0) is 15.6. The molecule has 1 saturated carbocycles. The monoisotopic (exact) mass is 422 g/mol. The zero-order valence-electron chi connectivity index (χ0n) is 13.6. The molecule has 1 rings (SSSR count). The smallest absolute Gasteiger partial charge is 0.163 e. The van der Waals surface area contributed by atoms with E-state index in [1.54, 1.807) is 0 Å². The van der Waals surface area contributed by atoms with Crippen LogP contribution in [0.2, 0.25) is 0 Å². The number of unbranched alkanes of at least 4 members (excludes halogenated alkanes) is 9. The first-order chi connectivity index (χ1) is 10.1. The van der Waals surface area contributed by atoms with E-state index in [9.17, 15) is 4.79 Å². The Morgan fingerprint density at radius 3 is 2.10 bits per heavy atom. The Balaban J connectivity index is 2.00. The van der Waals surface area contributed by atoms with Gasteiger partial charge in [-0.2, -0.15) is 0 Å². The molecule has 0 aromatic carbocycles. The van der Waals surface area contributed by atoms with Gasteiger partial charge in [0.25, 0.3) is 0 Å². The van der Waals surface area contributed by atoms with Crippen LogP contribution in [-0.4, -0.2) is 14.9 Å². The van der Waals surface area contributed by atoms with Crippen molar-refractivity contribution in [3.8, 4) is 0 Å². The van der Waals surface area contributed by atoms with Crippen molar-refractivity contribution < 1.29 is 4.79 Å². The van der Waals surface area contributed by atoms with E-state index in [-0.39, 0.29) is 9.15 Å². The summed E-state index contributed by atoms with van der Waals surface area (Å²) in [5.74, 6) is 0.379. The molecule has 0 N–H and O–H groups in total. The predicted octanol–water partition coefficient (Wildman–Crippen LogP) is 6.95. The van der Waals surface area contributed by atoms with E-state index >= 15 is 0 Å². The topological polar surface area (TPSA) is 17.1 Å². The lowest BCUT2D eigenvalue weighted by Crippen LogP contribution is -2.41. The van der Waals surface area contributed by atoms with Crippen molar-refractivity contribution in [1.82, 2.24) is 0 Å². The highest BCUT2D eigenvalue weighted by Crippen LogP contribution is 2.39. The van der Waals surface area contributed by atoms with Crippen LogP contribution in [0.3, 0.4) is 0 Å². The number of hydrogen-bond donors (Lipinski definition) is 0. The normalized spacial score (nSPS) is 26.2. The molecular weight excluding hydrogens is 392 g/mol. The first-order valence-corrected chi connectivity index (χ1v) is 10.7. The van der Waals surface area contributed by atoms with Crippen molar-refractivity contribution in [3.05, 3.63) is 0 Å². The standard InChI is InChI=1S/C18H32Br2O/c1-2-3-4-5-6-7-8-9-10-11-14-18(20)15-12-13-16(19)17(18)21/h16H,2-15H2,1H3. The van der Waals surface area contributed by atoms with Gasteiger partial charge in [0.2, 0.25) is 0 Å². The Morgan fingerprint density at radius 1 is 1.00 bits per heavy atom. The van der Waals surface area contributed by atoms with Crippen LogP contribution in [0.15, 0.2) is 0 Å². The van der Waals surface area contributed by atoms with E-state index in [0.29, 0.717) is 5.78 Å². The highest BCUT2D eigenvalue weighted by atomic mass is 79.9. The van der Waals surface area contributed by atoms with Crippen molar-refractivity contribution in [2.45, 2.75) is 106 Å². The van der Waals surface area contributed by atoms with Crippen LogP contribution in [0.25, 0.3) is 0 Å². The minimum atomic E-state index is -0.223. The van der Waals surface area contributed by atoms with Gasteiger partial charge in [0, 0.05) is 0 Å². The molecule has 0 amide bonds. The Morgan fingerprint density at radius 2 is 1.52 bits per heavy atom. The van der Waals surface area contributed by atoms with Gasteiger partial charge in [0.15, 0.2) is 5.78 Å². The zero-order valence-corrected chi connectivity index (χ0v) is 16.8. The number of hydrogen-bond acceptors (Lipinski definition) is 1. The third-order valence-electron chi connectivity index (χ3n) is 4.68. The molecule has 0 aromatic rings. The van der Waals surface area contributed by atoms with Crippen LogP contribution in [0, 0.1) is 0 Å². The molecule has 0 saturated heterocycles. The molecule has 124 valence electrons. The number of carbonyl (C=O) groups is 1. The number of rotatable bonds is 11. The van der Waals surface area contributed by atoms with Gasteiger partial charge < -0.3 is 0 Å². The van der Waals surface area contributed by atoms with Crippen molar-refractivity contribution in [1.29, 1.82) is 0 Å². The largest absolute Gasteiger partial charge is 0.297 e. The van der Waals surface area contributed by atoms with Gasteiger partial charge in [-0.25, -0.2) is 0 Å². The molecule has 1 fully saturated rings. The fourth-order valence-electron chi connectivity index (χ4n) is 3.24. The van der Waals surface area contributed by atoms with Crippen LogP contribution in [-0.2, 0) is 4.79 Å².